The van der Waals surface area contributed by atoms with Gasteiger partial charge in [0.2, 0.25) is 0 Å². The van der Waals surface area contributed by atoms with Crippen LogP contribution in [-0.2, 0) is 28.3 Å². The molecule has 0 aliphatic carbocycles. The average Bonchev–Trinajstić information content (AvgIpc) is 2.93. The quantitative estimate of drug-likeness (QED) is 0.761. The van der Waals surface area contributed by atoms with Gasteiger partial charge < -0.3 is 19.3 Å². The molecule has 1 spiro atoms. The molecule has 4 rings (SSSR count). The monoisotopic (exact) mass is 432 g/mol. The highest BCUT2D eigenvalue weighted by atomic mass is 79.9. The van der Waals surface area contributed by atoms with Crippen molar-refractivity contribution in [1.29, 1.82) is 0 Å². The summed E-state index contributed by atoms with van der Waals surface area (Å²) in [5.74, 6) is 0.0703. The summed E-state index contributed by atoms with van der Waals surface area (Å²) in [7, 11) is 0. The lowest BCUT2D eigenvalue weighted by atomic mass is 9.90. The van der Waals surface area contributed by atoms with E-state index in [4.69, 9.17) is 14.2 Å². The molecule has 0 radical (unpaired) electrons. The van der Waals surface area contributed by atoms with Crippen molar-refractivity contribution < 1.29 is 19.3 Å². The van der Waals surface area contributed by atoms with E-state index in [1.54, 1.807) is 0 Å². The Hall–Kier alpha value is -1.40. The number of hydrogen-bond donors (Lipinski definition) is 1. The van der Waals surface area contributed by atoms with Gasteiger partial charge in [-0.05, 0) is 67.6 Å². The van der Waals surface area contributed by atoms with Crippen LogP contribution in [-0.4, -0.2) is 23.9 Å². The molecule has 5 heteroatoms. The topological polar surface area (TPSA) is 47.9 Å². The predicted molar refractivity (Wildman–Crippen MR) is 107 cm³/mol. The molecule has 1 fully saturated rings. The molecule has 144 valence electrons. The second-order valence-corrected chi connectivity index (χ2v) is 8.27. The Morgan fingerprint density at radius 2 is 2.04 bits per heavy atom. The molecule has 0 aromatic heterocycles. The summed E-state index contributed by atoms with van der Waals surface area (Å²) in [6.07, 6.45) is 1.50. The van der Waals surface area contributed by atoms with Crippen LogP contribution in [0.1, 0.15) is 48.9 Å². The van der Waals surface area contributed by atoms with Gasteiger partial charge in [-0.15, -0.1) is 0 Å². The normalized spacial score (nSPS) is 27.0. The highest BCUT2D eigenvalue weighted by molar-refractivity contribution is 9.10. The minimum atomic E-state index is -0.819. The minimum absolute atomic E-state index is 0.0297. The zero-order chi connectivity index (χ0) is 19.0. The molecular formula is C22H25BrO4. The number of hydrogen-bond acceptors (Lipinski definition) is 4. The maximum Gasteiger partial charge on any atom is 0.198 e. The van der Waals surface area contributed by atoms with Crippen LogP contribution in [0.25, 0.3) is 0 Å². The fourth-order valence-electron chi connectivity index (χ4n) is 4.10. The number of benzene rings is 2. The summed E-state index contributed by atoms with van der Waals surface area (Å²) in [4.78, 5) is 0. The molecule has 2 aromatic carbocycles. The van der Waals surface area contributed by atoms with E-state index in [0.717, 1.165) is 27.8 Å². The molecule has 2 aliphatic heterocycles. The maximum atomic E-state index is 10.3. The van der Waals surface area contributed by atoms with Crippen molar-refractivity contribution in [3.8, 4) is 5.75 Å². The first-order valence-electron chi connectivity index (χ1n) is 9.52. The fourth-order valence-corrected chi connectivity index (χ4v) is 4.63. The van der Waals surface area contributed by atoms with E-state index >= 15 is 0 Å². The molecule has 2 aromatic rings. The lowest BCUT2D eigenvalue weighted by molar-refractivity contribution is -0.295. The summed E-state index contributed by atoms with van der Waals surface area (Å²) in [6, 6.07) is 12.5. The van der Waals surface area contributed by atoms with Crippen molar-refractivity contribution >= 4 is 15.9 Å². The number of halogens is 1. The van der Waals surface area contributed by atoms with Gasteiger partial charge in [-0.3, -0.25) is 0 Å². The van der Waals surface area contributed by atoms with E-state index in [9.17, 15) is 5.11 Å². The first-order valence-corrected chi connectivity index (χ1v) is 10.3. The largest absolute Gasteiger partial charge is 0.494 e. The van der Waals surface area contributed by atoms with Gasteiger partial charge in [0.25, 0.3) is 0 Å². The Bertz CT molecular complexity index is 808. The fraction of sp³-hybridized carbons (Fsp3) is 0.455. The second kappa shape index (κ2) is 7.55. The van der Waals surface area contributed by atoms with Gasteiger partial charge in [0, 0.05) is 16.5 Å². The molecule has 1 N–H and O–H groups in total. The molecule has 4 nitrogen and oxygen atoms in total. The Labute approximate surface area is 168 Å². The van der Waals surface area contributed by atoms with E-state index in [1.807, 2.05) is 26.0 Å². The third-order valence-corrected chi connectivity index (χ3v) is 6.01. The van der Waals surface area contributed by atoms with Crippen molar-refractivity contribution in [2.75, 3.05) is 6.61 Å². The number of aliphatic hydroxyl groups is 1. The third kappa shape index (κ3) is 3.79. The molecule has 2 heterocycles. The zero-order valence-corrected chi connectivity index (χ0v) is 17.3. The first-order chi connectivity index (χ1) is 13.0. The van der Waals surface area contributed by atoms with Crippen LogP contribution in [0, 0.1) is 0 Å². The first kappa shape index (κ1) is 18.9. The molecule has 3 atom stereocenters. The smallest absolute Gasteiger partial charge is 0.198 e. The van der Waals surface area contributed by atoms with Crippen molar-refractivity contribution in [1.82, 2.24) is 0 Å². The Morgan fingerprint density at radius 1 is 1.26 bits per heavy atom. The lowest BCUT2D eigenvalue weighted by Gasteiger charge is -2.39. The standard InChI is InChI=1S/C22H25BrO4/c1-3-25-19-6-4-15(5-7-19)9-16-10-20-17(11-21(16)23)13-26-22(20)12-18(24)8-14(2)27-22/h4-7,10-11,14,18,24H,3,8-9,12-13H2,1-2H3/t14?,18?,22-/m1/s1. The summed E-state index contributed by atoms with van der Waals surface area (Å²) >= 11 is 3.71. The van der Waals surface area contributed by atoms with Crippen LogP contribution in [0.3, 0.4) is 0 Å². The van der Waals surface area contributed by atoms with Gasteiger partial charge in [0.1, 0.15) is 5.75 Å². The molecule has 0 amide bonds. The Kier molecular flexibility index (Phi) is 5.30. The van der Waals surface area contributed by atoms with Crippen LogP contribution >= 0.6 is 15.9 Å². The van der Waals surface area contributed by atoms with Crippen molar-refractivity contribution in [2.24, 2.45) is 0 Å². The maximum absolute atomic E-state index is 10.3. The molecule has 27 heavy (non-hydrogen) atoms. The minimum Gasteiger partial charge on any atom is -0.494 e. The van der Waals surface area contributed by atoms with Crippen molar-refractivity contribution in [3.05, 3.63) is 63.1 Å². The summed E-state index contributed by atoms with van der Waals surface area (Å²) in [5.41, 5.74) is 4.57. The van der Waals surface area contributed by atoms with Crippen LogP contribution in [0.4, 0.5) is 0 Å². The average molecular weight is 433 g/mol. The third-order valence-electron chi connectivity index (χ3n) is 5.27. The number of aliphatic hydroxyl groups excluding tert-OH is 1. The molecule has 2 unspecified atom stereocenters. The molecular weight excluding hydrogens is 408 g/mol. The number of rotatable bonds is 4. The molecule has 0 saturated carbocycles. The molecule has 2 aliphatic rings. The van der Waals surface area contributed by atoms with Gasteiger partial charge in [-0.25, -0.2) is 0 Å². The Balaban J connectivity index is 1.63. The highest BCUT2D eigenvalue weighted by Crippen LogP contribution is 2.46. The van der Waals surface area contributed by atoms with Crippen LogP contribution in [0.2, 0.25) is 0 Å². The summed E-state index contributed by atoms with van der Waals surface area (Å²) in [6.45, 7) is 5.16. The van der Waals surface area contributed by atoms with Crippen molar-refractivity contribution in [3.63, 3.8) is 0 Å². The molecule has 1 saturated heterocycles. The lowest BCUT2D eigenvalue weighted by Crippen LogP contribution is -2.43. The Morgan fingerprint density at radius 3 is 2.74 bits per heavy atom. The number of ether oxygens (including phenoxy) is 3. The summed E-state index contributed by atoms with van der Waals surface area (Å²) in [5, 5.41) is 10.3. The van der Waals surface area contributed by atoms with Crippen LogP contribution in [0.5, 0.6) is 5.75 Å². The SMILES string of the molecule is CCOc1ccc(Cc2cc3c(cc2Br)CO[C@@]32CC(O)CC(C)O2)cc1. The van der Waals surface area contributed by atoms with E-state index in [2.05, 4.69) is 40.2 Å². The van der Waals surface area contributed by atoms with Gasteiger partial charge in [0.15, 0.2) is 5.79 Å². The van der Waals surface area contributed by atoms with Gasteiger partial charge in [0.05, 0.1) is 25.4 Å². The summed E-state index contributed by atoms with van der Waals surface area (Å²) < 4.78 is 18.9. The molecule has 0 bridgehead atoms. The van der Waals surface area contributed by atoms with E-state index in [-0.39, 0.29) is 6.10 Å². The predicted octanol–water partition coefficient (Wildman–Crippen LogP) is 4.68. The van der Waals surface area contributed by atoms with E-state index in [0.29, 0.717) is 26.1 Å². The van der Waals surface area contributed by atoms with Gasteiger partial charge in [-0.1, -0.05) is 28.1 Å². The van der Waals surface area contributed by atoms with Gasteiger partial charge in [-0.2, -0.15) is 0 Å². The van der Waals surface area contributed by atoms with E-state index < -0.39 is 11.9 Å². The highest BCUT2D eigenvalue weighted by Gasteiger charge is 2.47. The van der Waals surface area contributed by atoms with Crippen molar-refractivity contribution in [2.45, 2.75) is 57.7 Å². The van der Waals surface area contributed by atoms with Crippen LogP contribution < -0.4 is 4.74 Å². The van der Waals surface area contributed by atoms with Crippen LogP contribution in [0.15, 0.2) is 40.9 Å². The van der Waals surface area contributed by atoms with E-state index in [1.165, 1.54) is 11.1 Å². The zero-order valence-electron chi connectivity index (χ0n) is 15.7. The second-order valence-electron chi connectivity index (χ2n) is 7.42. The number of fused-ring (bicyclic) bond motifs is 2. The van der Waals surface area contributed by atoms with Gasteiger partial charge >= 0.3 is 0 Å².